The fraction of sp³-hybridized carbons (Fsp3) is 0.455. The molecular formula is C11H17NO. The van der Waals surface area contributed by atoms with Crippen molar-refractivity contribution in [3.63, 3.8) is 0 Å². The summed E-state index contributed by atoms with van der Waals surface area (Å²) in [5.74, 6) is 0. The molecule has 2 heteroatoms. The van der Waals surface area contributed by atoms with E-state index >= 15 is 0 Å². The van der Waals surface area contributed by atoms with Gasteiger partial charge in [-0.25, -0.2) is 0 Å². The molecule has 1 atom stereocenters. The predicted octanol–water partition coefficient (Wildman–Crippen LogP) is 2.11. The van der Waals surface area contributed by atoms with Crippen molar-refractivity contribution in [1.29, 1.82) is 0 Å². The fourth-order valence-corrected chi connectivity index (χ4v) is 1.51. The van der Waals surface area contributed by atoms with Gasteiger partial charge in [0.05, 0.1) is 6.10 Å². The molecule has 2 N–H and O–H groups in total. The highest BCUT2D eigenvalue weighted by Gasteiger charge is 2.16. The largest absolute Gasteiger partial charge is 0.374 e. The minimum absolute atomic E-state index is 0.371. The van der Waals surface area contributed by atoms with E-state index in [1.807, 2.05) is 6.07 Å². The van der Waals surface area contributed by atoms with Crippen molar-refractivity contribution in [3.8, 4) is 0 Å². The summed E-state index contributed by atoms with van der Waals surface area (Å²) in [7, 11) is 1.50. The first-order valence-electron chi connectivity index (χ1n) is 4.71. The number of nitrogens with two attached hydrogens (primary N) is 1. The average Bonchev–Trinajstić information content (AvgIpc) is 2.75. The van der Waals surface area contributed by atoms with Gasteiger partial charge in [-0.15, -0.1) is 0 Å². The van der Waals surface area contributed by atoms with Gasteiger partial charge in [-0.3, -0.25) is 0 Å². The van der Waals surface area contributed by atoms with Crippen LogP contribution in [0.5, 0.6) is 0 Å². The molecule has 13 heavy (non-hydrogen) atoms. The molecule has 0 radical (unpaired) electrons. The lowest BCUT2D eigenvalue weighted by molar-refractivity contribution is 0.112. The monoisotopic (exact) mass is 179 g/mol. The van der Waals surface area contributed by atoms with Crippen molar-refractivity contribution >= 4 is 0 Å². The summed E-state index contributed by atoms with van der Waals surface area (Å²) in [5, 5.41) is 0. The topological polar surface area (TPSA) is 35.2 Å². The Morgan fingerprint density at radius 1 is 1.23 bits per heavy atom. The number of hydrogen-bond donors (Lipinski definition) is 1. The van der Waals surface area contributed by atoms with E-state index in [0.717, 1.165) is 6.61 Å². The van der Waals surface area contributed by atoms with Gasteiger partial charge in [-0.1, -0.05) is 30.3 Å². The number of ether oxygens (including phenoxy) is 1. The van der Waals surface area contributed by atoms with Crippen molar-refractivity contribution < 1.29 is 4.74 Å². The first-order chi connectivity index (χ1) is 6.47. The average molecular weight is 179 g/mol. The lowest BCUT2D eigenvalue weighted by Crippen LogP contribution is -1.93. The standard InChI is InChI=1S/C10H12O.CH5N/c1-2-5-9(6-3-1)10-7-4-8-11-10;1-2/h1-3,5-6,10H,4,7-8H2;2H2,1H3/t10-;/m0./s1. The van der Waals surface area contributed by atoms with Crippen molar-refractivity contribution in [1.82, 2.24) is 0 Å². The molecule has 72 valence electrons. The summed E-state index contributed by atoms with van der Waals surface area (Å²) in [5.41, 5.74) is 5.82. The summed E-state index contributed by atoms with van der Waals surface area (Å²) in [6.45, 7) is 0.930. The highest BCUT2D eigenvalue weighted by molar-refractivity contribution is 5.17. The van der Waals surface area contributed by atoms with Crippen LogP contribution < -0.4 is 5.73 Å². The van der Waals surface area contributed by atoms with Gasteiger partial charge in [-0.2, -0.15) is 0 Å². The van der Waals surface area contributed by atoms with Gasteiger partial charge in [0.15, 0.2) is 0 Å². The Kier molecular flexibility index (Phi) is 4.50. The van der Waals surface area contributed by atoms with E-state index in [1.165, 1.54) is 25.5 Å². The minimum Gasteiger partial charge on any atom is -0.374 e. The van der Waals surface area contributed by atoms with Crippen LogP contribution in [0.3, 0.4) is 0 Å². The molecular weight excluding hydrogens is 162 g/mol. The fourth-order valence-electron chi connectivity index (χ4n) is 1.51. The van der Waals surface area contributed by atoms with Gasteiger partial charge in [0.1, 0.15) is 0 Å². The Balaban J connectivity index is 0.000000396. The third-order valence-electron chi connectivity index (χ3n) is 2.10. The Labute approximate surface area is 79.7 Å². The molecule has 1 saturated heterocycles. The second-order valence-corrected chi connectivity index (χ2v) is 2.91. The Bertz CT molecular complexity index is 217. The molecule has 0 amide bonds. The van der Waals surface area contributed by atoms with Crippen molar-refractivity contribution in [2.45, 2.75) is 18.9 Å². The quantitative estimate of drug-likeness (QED) is 0.716. The molecule has 1 aliphatic heterocycles. The third kappa shape index (κ3) is 2.83. The molecule has 1 heterocycles. The maximum atomic E-state index is 5.54. The minimum atomic E-state index is 0.371. The maximum Gasteiger partial charge on any atom is 0.0825 e. The van der Waals surface area contributed by atoms with Crippen LogP contribution in [0.1, 0.15) is 24.5 Å². The van der Waals surface area contributed by atoms with Gasteiger partial charge in [-0.05, 0) is 25.5 Å². The van der Waals surface area contributed by atoms with Crippen LogP contribution in [0.2, 0.25) is 0 Å². The smallest absolute Gasteiger partial charge is 0.0825 e. The van der Waals surface area contributed by atoms with E-state index in [4.69, 9.17) is 4.74 Å². The summed E-state index contributed by atoms with van der Waals surface area (Å²) < 4.78 is 5.54. The zero-order valence-corrected chi connectivity index (χ0v) is 8.07. The zero-order valence-electron chi connectivity index (χ0n) is 8.07. The molecule has 0 saturated carbocycles. The summed E-state index contributed by atoms with van der Waals surface area (Å²) in [6, 6.07) is 10.4. The molecule has 1 aliphatic rings. The maximum absolute atomic E-state index is 5.54. The van der Waals surface area contributed by atoms with Gasteiger partial charge in [0.2, 0.25) is 0 Å². The van der Waals surface area contributed by atoms with E-state index in [2.05, 4.69) is 30.0 Å². The molecule has 0 bridgehead atoms. The molecule has 2 rings (SSSR count). The van der Waals surface area contributed by atoms with Crippen molar-refractivity contribution in [2.24, 2.45) is 5.73 Å². The summed E-state index contributed by atoms with van der Waals surface area (Å²) >= 11 is 0. The normalized spacial score (nSPS) is 20.6. The van der Waals surface area contributed by atoms with E-state index < -0.39 is 0 Å². The zero-order chi connectivity index (χ0) is 9.52. The summed E-state index contributed by atoms with van der Waals surface area (Å²) in [4.78, 5) is 0. The molecule has 1 aromatic rings. The SMILES string of the molecule is CN.c1ccc([C@@H]2CCCO2)cc1. The molecule has 2 nitrogen and oxygen atoms in total. The molecule has 0 spiro atoms. The molecule has 0 aromatic heterocycles. The Morgan fingerprint density at radius 3 is 2.46 bits per heavy atom. The lowest BCUT2D eigenvalue weighted by atomic mass is 10.1. The predicted molar refractivity (Wildman–Crippen MR) is 54.5 cm³/mol. The Hall–Kier alpha value is -0.860. The Morgan fingerprint density at radius 2 is 1.92 bits per heavy atom. The van der Waals surface area contributed by atoms with Crippen LogP contribution in [-0.4, -0.2) is 13.7 Å². The molecule has 0 aliphatic carbocycles. The second kappa shape index (κ2) is 5.73. The van der Waals surface area contributed by atoms with Crippen LogP contribution >= 0.6 is 0 Å². The van der Waals surface area contributed by atoms with Gasteiger partial charge >= 0.3 is 0 Å². The van der Waals surface area contributed by atoms with E-state index in [0.29, 0.717) is 6.10 Å². The lowest BCUT2D eigenvalue weighted by Gasteiger charge is -2.07. The number of hydrogen-bond acceptors (Lipinski definition) is 2. The van der Waals surface area contributed by atoms with Gasteiger partial charge in [0, 0.05) is 6.61 Å². The van der Waals surface area contributed by atoms with Crippen LogP contribution in [-0.2, 0) is 4.74 Å². The number of benzene rings is 1. The molecule has 1 aromatic carbocycles. The highest BCUT2D eigenvalue weighted by Crippen LogP contribution is 2.27. The second-order valence-electron chi connectivity index (χ2n) is 2.91. The van der Waals surface area contributed by atoms with Crippen LogP contribution in [0.25, 0.3) is 0 Å². The van der Waals surface area contributed by atoms with Gasteiger partial charge in [0.25, 0.3) is 0 Å². The van der Waals surface area contributed by atoms with E-state index in [-0.39, 0.29) is 0 Å². The van der Waals surface area contributed by atoms with Crippen molar-refractivity contribution in [3.05, 3.63) is 35.9 Å². The van der Waals surface area contributed by atoms with Crippen LogP contribution in [0, 0.1) is 0 Å². The number of rotatable bonds is 1. The van der Waals surface area contributed by atoms with E-state index in [9.17, 15) is 0 Å². The third-order valence-corrected chi connectivity index (χ3v) is 2.10. The first kappa shape index (κ1) is 10.2. The van der Waals surface area contributed by atoms with Crippen LogP contribution in [0.4, 0.5) is 0 Å². The molecule has 1 fully saturated rings. The molecule has 0 unspecified atom stereocenters. The summed E-state index contributed by atoms with van der Waals surface area (Å²) in [6.07, 6.45) is 2.76. The van der Waals surface area contributed by atoms with E-state index in [1.54, 1.807) is 0 Å². The van der Waals surface area contributed by atoms with Crippen molar-refractivity contribution in [2.75, 3.05) is 13.7 Å². The van der Waals surface area contributed by atoms with Crippen LogP contribution in [0.15, 0.2) is 30.3 Å². The highest BCUT2D eigenvalue weighted by atomic mass is 16.5. The van der Waals surface area contributed by atoms with Gasteiger partial charge < -0.3 is 10.5 Å². The first-order valence-corrected chi connectivity index (χ1v) is 4.71.